The minimum Gasteiger partial charge on any atom is -0.382 e. The van der Waals surface area contributed by atoms with E-state index in [1.54, 1.807) is 11.3 Å². The normalized spacial score (nSPS) is 10.6. The van der Waals surface area contributed by atoms with Crippen LogP contribution < -0.4 is 16.0 Å². The number of nitrogens with one attached hydrogen (secondary N) is 1. The number of aryl methyl sites for hydroxylation is 1. The first-order valence-corrected chi connectivity index (χ1v) is 7.80. The minimum absolute atomic E-state index is 0.207. The fraction of sp³-hybridized carbons (Fsp3) is 0.417. The topological polar surface area (TPSA) is 84.1 Å². The van der Waals surface area contributed by atoms with Crippen molar-refractivity contribution in [3.8, 4) is 0 Å². The molecule has 0 atom stereocenters. The monoisotopic (exact) mass is 311 g/mol. The zero-order chi connectivity index (χ0) is 14.7. The van der Waals surface area contributed by atoms with Crippen molar-refractivity contribution in [1.29, 1.82) is 0 Å². The Kier molecular flexibility index (Phi) is 4.56. The van der Waals surface area contributed by atoms with Crippen LogP contribution in [0.3, 0.4) is 0 Å². The third kappa shape index (κ3) is 3.26. The molecule has 0 aliphatic carbocycles. The third-order valence-electron chi connectivity index (χ3n) is 2.58. The van der Waals surface area contributed by atoms with Crippen LogP contribution in [0.2, 0.25) is 0 Å². The summed E-state index contributed by atoms with van der Waals surface area (Å²) >= 11 is 2.89. The Morgan fingerprint density at radius 3 is 2.75 bits per heavy atom. The molecular formula is C12H17N5OS2. The molecule has 0 saturated heterocycles. The van der Waals surface area contributed by atoms with Crippen LogP contribution in [0.1, 0.15) is 26.5 Å². The van der Waals surface area contributed by atoms with Gasteiger partial charge in [-0.05, 0) is 6.42 Å². The van der Waals surface area contributed by atoms with Gasteiger partial charge in [0, 0.05) is 25.2 Å². The maximum atomic E-state index is 12.1. The van der Waals surface area contributed by atoms with Gasteiger partial charge in [-0.2, -0.15) is 0 Å². The second-order valence-corrected chi connectivity index (χ2v) is 6.54. The molecule has 0 unspecified atom stereocenters. The van der Waals surface area contributed by atoms with Gasteiger partial charge in [-0.1, -0.05) is 18.3 Å². The van der Waals surface area contributed by atoms with E-state index in [2.05, 4.69) is 22.2 Å². The summed E-state index contributed by atoms with van der Waals surface area (Å²) in [5, 5.41) is 4.44. The Balaban J connectivity index is 2.01. The molecule has 0 aromatic carbocycles. The summed E-state index contributed by atoms with van der Waals surface area (Å²) in [5.74, 6) is 0.0611. The second-order valence-electron chi connectivity index (χ2n) is 4.36. The molecule has 0 bridgehead atoms. The molecule has 2 aromatic heterocycles. The van der Waals surface area contributed by atoms with E-state index in [0.29, 0.717) is 11.4 Å². The highest BCUT2D eigenvalue weighted by Crippen LogP contribution is 2.26. The first-order chi connectivity index (χ1) is 9.51. The number of carbonyl (C=O) groups excluding carboxylic acids is 1. The molecule has 3 N–H and O–H groups in total. The molecule has 2 rings (SSSR count). The highest BCUT2D eigenvalue weighted by Gasteiger charge is 2.17. The van der Waals surface area contributed by atoms with Crippen molar-refractivity contribution in [2.24, 2.45) is 0 Å². The average Bonchev–Trinajstić information content (AvgIpc) is 3.02. The summed E-state index contributed by atoms with van der Waals surface area (Å²) in [7, 11) is 3.73. The van der Waals surface area contributed by atoms with E-state index in [9.17, 15) is 4.79 Å². The van der Waals surface area contributed by atoms with Crippen molar-refractivity contribution in [3.05, 3.63) is 21.0 Å². The summed E-state index contributed by atoms with van der Waals surface area (Å²) in [6, 6.07) is 0. The Bertz CT molecular complexity index is 605. The Labute approximate surface area is 125 Å². The summed E-state index contributed by atoms with van der Waals surface area (Å²) in [6.45, 7) is 2.49. The second kappa shape index (κ2) is 6.19. The van der Waals surface area contributed by atoms with Crippen molar-refractivity contribution < 1.29 is 4.79 Å². The molecule has 2 aromatic rings. The number of nitrogen functional groups attached to an aromatic ring is 1. The Morgan fingerprint density at radius 2 is 2.20 bits per heavy atom. The van der Waals surface area contributed by atoms with Gasteiger partial charge in [-0.25, -0.2) is 9.97 Å². The molecule has 0 aliphatic rings. The summed E-state index contributed by atoms with van der Waals surface area (Å²) in [4.78, 5) is 24.0. The van der Waals surface area contributed by atoms with Crippen molar-refractivity contribution >= 4 is 39.5 Å². The highest BCUT2D eigenvalue weighted by molar-refractivity contribution is 7.18. The van der Waals surface area contributed by atoms with E-state index >= 15 is 0 Å². The van der Waals surface area contributed by atoms with Gasteiger partial charge in [0.15, 0.2) is 5.13 Å². The number of hydrogen-bond acceptors (Lipinski definition) is 7. The van der Waals surface area contributed by atoms with E-state index in [0.717, 1.165) is 16.6 Å². The molecule has 0 radical (unpaired) electrons. The molecule has 6 nitrogen and oxygen atoms in total. The van der Waals surface area contributed by atoms with Gasteiger partial charge in [0.2, 0.25) is 0 Å². The van der Waals surface area contributed by atoms with Crippen LogP contribution in [0, 0.1) is 0 Å². The zero-order valence-corrected chi connectivity index (χ0v) is 13.3. The summed E-state index contributed by atoms with van der Waals surface area (Å²) in [5.41, 5.74) is 5.77. The summed E-state index contributed by atoms with van der Waals surface area (Å²) in [6.07, 6.45) is 2.80. The molecule has 108 valence electrons. The van der Waals surface area contributed by atoms with Crippen molar-refractivity contribution in [3.63, 3.8) is 0 Å². The maximum absolute atomic E-state index is 12.1. The molecular weight excluding hydrogens is 294 g/mol. The van der Waals surface area contributed by atoms with Gasteiger partial charge in [-0.15, -0.1) is 11.3 Å². The molecule has 0 aliphatic heterocycles. The number of aromatic nitrogens is 2. The standard InChI is InChI=1S/C12H17N5OS2/c1-4-7-5-14-8(19-7)6-15-11(18)9-10(13)16-12(20-9)17(2)3/h5H,4,6,13H2,1-3H3,(H,15,18). The Morgan fingerprint density at radius 1 is 1.45 bits per heavy atom. The van der Waals surface area contributed by atoms with Gasteiger partial charge in [0.05, 0.1) is 6.54 Å². The number of anilines is 2. The van der Waals surface area contributed by atoms with Crippen molar-refractivity contribution in [2.45, 2.75) is 19.9 Å². The number of nitrogens with two attached hydrogens (primary N) is 1. The third-order valence-corrected chi connectivity index (χ3v) is 4.96. The van der Waals surface area contributed by atoms with Crippen LogP contribution in [0.25, 0.3) is 0 Å². The lowest BCUT2D eigenvalue weighted by Crippen LogP contribution is -2.22. The zero-order valence-electron chi connectivity index (χ0n) is 11.6. The van der Waals surface area contributed by atoms with E-state index in [1.165, 1.54) is 16.2 Å². The predicted octanol–water partition coefficient (Wildman–Crippen LogP) is 1.74. The lowest BCUT2D eigenvalue weighted by atomic mass is 10.4. The molecule has 0 saturated carbocycles. The van der Waals surface area contributed by atoms with Gasteiger partial charge in [0.1, 0.15) is 15.7 Å². The van der Waals surface area contributed by atoms with Gasteiger partial charge >= 0.3 is 0 Å². The van der Waals surface area contributed by atoms with Crippen LogP contribution in [-0.4, -0.2) is 30.0 Å². The van der Waals surface area contributed by atoms with E-state index in [1.807, 2.05) is 25.2 Å². The largest absolute Gasteiger partial charge is 0.382 e. The van der Waals surface area contributed by atoms with Crippen LogP contribution in [0.4, 0.5) is 10.9 Å². The van der Waals surface area contributed by atoms with Crippen LogP contribution in [0.15, 0.2) is 6.20 Å². The molecule has 0 fully saturated rings. The average molecular weight is 311 g/mol. The van der Waals surface area contributed by atoms with Crippen LogP contribution >= 0.6 is 22.7 Å². The predicted molar refractivity (Wildman–Crippen MR) is 83.5 cm³/mol. The minimum atomic E-state index is -0.207. The number of nitrogens with zero attached hydrogens (tertiary/aromatic N) is 3. The fourth-order valence-electron chi connectivity index (χ4n) is 1.50. The maximum Gasteiger partial charge on any atom is 0.265 e. The number of carbonyl (C=O) groups is 1. The molecule has 0 spiro atoms. The van der Waals surface area contributed by atoms with Crippen LogP contribution in [-0.2, 0) is 13.0 Å². The molecule has 20 heavy (non-hydrogen) atoms. The van der Waals surface area contributed by atoms with Crippen molar-refractivity contribution in [2.75, 3.05) is 24.7 Å². The van der Waals surface area contributed by atoms with E-state index in [-0.39, 0.29) is 11.7 Å². The number of thiazole rings is 2. The molecule has 1 amide bonds. The first-order valence-electron chi connectivity index (χ1n) is 6.16. The number of rotatable bonds is 5. The van der Waals surface area contributed by atoms with Gasteiger partial charge in [0.25, 0.3) is 5.91 Å². The lowest BCUT2D eigenvalue weighted by molar-refractivity contribution is 0.0955. The van der Waals surface area contributed by atoms with Crippen LogP contribution in [0.5, 0.6) is 0 Å². The van der Waals surface area contributed by atoms with E-state index in [4.69, 9.17) is 5.73 Å². The van der Waals surface area contributed by atoms with Gasteiger partial charge in [-0.3, -0.25) is 4.79 Å². The van der Waals surface area contributed by atoms with E-state index < -0.39 is 0 Å². The summed E-state index contributed by atoms with van der Waals surface area (Å²) < 4.78 is 0. The molecule has 2 heterocycles. The quantitative estimate of drug-likeness (QED) is 0.878. The number of amides is 1. The molecule has 8 heteroatoms. The smallest absolute Gasteiger partial charge is 0.265 e. The van der Waals surface area contributed by atoms with Gasteiger partial charge < -0.3 is 16.0 Å². The first kappa shape index (κ1) is 14.7. The fourth-order valence-corrected chi connectivity index (χ4v) is 3.13. The SMILES string of the molecule is CCc1cnc(CNC(=O)c2sc(N(C)C)nc2N)s1. The Hall–Kier alpha value is -1.67. The number of hydrogen-bond donors (Lipinski definition) is 2. The lowest BCUT2D eigenvalue weighted by Gasteiger charge is -2.05. The highest BCUT2D eigenvalue weighted by atomic mass is 32.1. The van der Waals surface area contributed by atoms with Crippen molar-refractivity contribution in [1.82, 2.24) is 15.3 Å².